The largest absolute Gasteiger partial charge is 0.393 e. The van der Waals surface area contributed by atoms with Crippen LogP contribution in [0.1, 0.15) is 41.5 Å². The molecule has 22 heavy (non-hydrogen) atoms. The molecule has 0 aliphatic carbocycles. The maximum atomic E-state index is 12.4. The fourth-order valence-electron chi connectivity index (χ4n) is 2.44. The summed E-state index contributed by atoms with van der Waals surface area (Å²) in [5, 5.41) is 16.9. The first kappa shape index (κ1) is 16.2. The van der Waals surface area contributed by atoms with E-state index in [1.165, 1.54) is 0 Å². The second-order valence-electron chi connectivity index (χ2n) is 5.40. The van der Waals surface area contributed by atoms with Crippen LogP contribution in [0, 0.1) is 13.8 Å². The van der Waals surface area contributed by atoms with E-state index in [1.807, 2.05) is 51.1 Å². The average molecular weight is 301 g/mol. The molecule has 2 N–H and O–H groups in total. The van der Waals surface area contributed by atoms with Crippen molar-refractivity contribution in [1.82, 2.24) is 15.1 Å². The number of benzene rings is 1. The van der Waals surface area contributed by atoms with Crippen LogP contribution in [0.15, 0.2) is 30.3 Å². The maximum Gasteiger partial charge on any atom is 0.255 e. The number of carbonyl (C=O) groups excluding carboxylic acids is 1. The molecule has 5 nitrogen and oxygen atoms in total. The minimum Gasteiger partial charge on any atom is -0.393 e. The van der Waals surface area contributed by atoms with Crippen LogP contribution >= 0.6 is 0 Å². The Morgan fingerprint density at radius 1 is 1.32 bits per heavy atom. The number of hydrogen-bond acceptors (Lipinski definition) is 3. The third-order valence-corrected chi connectivity index (χ3v) is 3.75. The van der Waals surface area contributed by atoms with Crippen molar-refractivity contribution in [3.05, 3.63) is 47.3 Å². The number of nitrogens with zero attached hydrogens (tertiary/aromatic N) is 2. The van der Waals surface area contributed by atoms with Crippen LogP contribution in [0.25, 0.3) is 5.69 Å². The molecule has 1 heterocycles. The van der Waals surface area contributed by atoms with E-state index >= 15 is 0 Å². The van der Waals surface area contributed by atoms with Gasteiger partial charge in [-0.05, 0) is 38.8 Å². The van der Waals surface area contributed by atoms with Gasteiger partial charge >= 0.3 is 0 Å². The summed E-state index contributed by atoms with van der Waals surface area (Å²) in [6.07, 6.45) is 0.891. The first-order chi connectivity index (χ1) is 10.5. The Bertz CT molecular complexity index is 635. The van der Waals surface area contributed by atoms with Gasteiger partial charge in [-0.25, -0.2) is 4.68 Å². The highest BCUT2D eigenvalue weighted by atomic mass is 16.3. The van der Waals surface area contributed by atoms with Gasteiger partial charge in [-0.3, -0.25) is 4.79 Å². The van der Waals surface area contributed by atoms with Crippen LogP contribution < -0.4 is 5.32 Å². The van der Waals surface area contributed by atoms with Crippen LogP contribution in [0.2, 0.25) is 0 Å². The number of rotatable bonds is 6. The SMILES string of the molecule is CCC(O)CCNC(=O)c1c(C)nn(-c2ccccc2)c1C. The molecule has 0 bridgehead atoms. The van der Waals surface area contributed by atoms with Crippen molar-refractivity contribution in [2.75, 3.05) is 6.54 Å². The molecule has 5 heteroatoms. The summed E-state index contributed by atoms with van der Waals surface area (Å²) >= 11 is 0. The molecule has 0 aliphatic rings. The molecule has 1 amide bonds. The zero-order valence-electron chi connectivity index (χ0n) is 13.3. The van der Waals surface area contributed by atoms with E-state index in [-0.39, 0.29) is 12.0 Å². The van der Waals surface area contributed by atoms with Gasteiger partial charge in [0, 0.05) is 6.54 Å². The monoisotopic (exact) mass is 301 g/mol. The Labute approximate surface area is 131 Å². The number of aliphatic hydroxyl groups excluding tert-OH is 1. The Morgan fingerprint density at radius 2 is 2.00 bits per heavy atom. The molecule has 0 saturated heterocycles. The van der Waals surface area contributed by atoms with Gasteiger partial charge in [-0.1, -0.05) is 25.1 Å². The molecule has 1 aromatic heterocycles. The molecule has 2 aromatic rings. The van der Waals surface area contributed by atoms with Crippen molar-refractivity contribution in [2.24, 2.45) is 0 Å². The Kier molecular flexibility index (Phi) is 5.33. The number of hydrogen-bond donors (Lipinski definition) is 2. The quantitative estimate of drug-likeness (QED) is 0.861. The van der Waals surface area contributed by atoms with Gasteiger partial charge in [0.1, 0.15) is 0 Å². The second-order valence-corrected chi connectivity index (χ2v) is 5.40. The van der Waals surface area contributed by atoms with Crippen molar-refractivity contribution in [3.8, 4) is 5.69 Å². The fraction of sp³-hybridized carbons (Fsp3) is 0.412. The Hall–Kier alpha value is -2.14. The van der Waals surface area contributed by atoms with E-state index in [1.54, 1.807) is 4.68 Å². The number of carbonyl (C=O) groups is 1. The van der Waals surface area contributed by atoms with Crippen LogP contribution in [0.5, 0.6) is 0 Å². The Morgan fingerprint density at radius 3 is 2.64 bits per heavy atom. The summed E-state index contributed by atoms with van der Waals surface area (Å²) in [4.78, 5) is 12.4. The predicted octanol–water partition coefficient (Wildman–Crippen LogP) is 2.38. The predicted molar refractivity (Wildman–Crippen MR) is 86.3 cm³/mol. The van der Waals surface area contributed by atoms with E-state index in [9.17, 15) is 9.90 Å². The third-order valence-electron chi connectivity index (χ3n) is 3.75. The molecular weight excluding hydrogens is 278 g/mol. The van der Waals surface area contributed by atoms with Crippen molar-refractivity contribution in [3.63, 3.8) is 0 Å². The summed E-state index contributed by atoms with van der Waals surface area (Å²) in [6.45, 7) is 6.11. The van der Waals surface area contributed by atoms with Crippen molar-refractivity contribution < 1.29 is 9.90 Å². The zero-order chi connectivity index (χ0) is 16.1. The zero-order valence-corrected chi connectivity index (χ0v) is 13.3. The number of para-hydroxylation sites is 1. The molecule has 0 fully saturated rings. The number of aromatic nitrogens is 2. The van der Waals surface area contributed by atoms with Crippen LogP contribution in [0.3, 0.4) is 0 Å². The highest BCUT2D eigenvalue weighted by Gasteiger charge is 2.19. The molecule has 1 aromatic carbocycles. The van der Waals surface area contributed by atoms with E-state index in [0.29, 0.717) is 30.6 Å². The van der Waals surface area contributed by atoms with Gasteiger partial charge in [0.25, 0.3) is 5.91 Å². The van der Waals surface area contributed by atoms with Crippen LogP contribution in [0.4, 0.5) is 0 Å². The Balaban J connectivity index is 2.15. The van der Waals surface area contributed by atoms with E-state index in [4.69, 9.17) is 0 Å². The average Bonchev–Trinajstić information content (AvgIpc) is 2.82. The fourth-order valence-corrected chi connectivity index (χ4v) is 2.44. The molecule has 1 unspecified atom stereocenters. The molecule has 0 radical (unpaired) electrons. The molecule has 1 atom stereocenters. The van der Waals surface area contributed by atoms with Crippen molar-refractivity contribution in [2.45, 2.75) is 39.7 Å². The van der Waals surface area contributed by atoms with Gasteiger partial charge in [-0.15, -0.1) is 0 Å². The highest BCUT2D eigenvalue weighted by Crippen LogP contribution is 2.17. The first-order valence-electron chi connectivity index (χ1n) is 7.62. The lowest BCUT2D eigenvalue weighted by atomic mass is 10.1. The van der Waals surface area contributed by atoms with E-state index in [0.717, 1.165) is 11.4 Å². The number of amides is 1. The topological polar surface area (TPSA) is 67.2 Å². The van der Waals surface area contributed by atoms with E-state index in [2.05, 4.69) is 10.4 Å². The number of aliphatic hydroxyl groups is 1. The van der Waals surface area contributed by atoms with Crippen molar-refractivity contribution in [1.29, 1.82) is 0 Å². The lowest BCUT2D eigenvalue weighted by molar-refractivity contribution is 0.0940. The van der Waals surface area contributed by atoms with Gasteiger partial charge < -0.3 is 10.4 Å². The summed E-state index contributed by atoms with van der Waals surface area (Å²) in [7, 11) is 0. The highest BCUT2D eigenvalue weighted by molar-refractivity contribution is 5.96. The van der Waals surface area contributed by atoms with Crippen LogP contribution in [-0.4, -0.2) is 33.4 Å². The normalized spacial score (nSPS) is 12.2. The molecule has 0 spiro atoms. The third kappa shape index (κ3) is 3.54. The van der Waals surface area contributed by atoms with Gasteiger partial charge in [0.05, 0.1) is 28.7 Å². The standard InChI is InChI=1S/C17H23N3O2/c1-4-15(21)10-11-18-17(22)16-12(2)19-20(13(16)3)14-8-6-5-7-9-14/h5-9,15,21H,4,10-11H2,1-3H3,(H,18,22). The summed E-state index contributed by atoms with van der Waals surface area (Å²) < 4.78 is 1.78. The maximum absolute atomic E-state index is 12.4. The minimum atomic E-state index is -0.366. The smallest absolute Gasteiger partial charge is 0.255 e. The first-order valence-corrected chi connectivity index (χ1v) is 7.62. The van der Waals surface area contributed by atoms with Crippen molar-refractivity contribution >= 4 is 5.91 Å². The summed E-state index contributed by atoms with van der Waals surface area (Å²) in [5.74, 6) is -0.138. The summed E-state index contributed by atoms with van der Waals surface area (Å²) in [6, 6.07) is 9.74. The minimum absolute atomic E-state index is 0.138. The van der Waals surface area contributed by atoms with Gasteiger partial charge in [-0.2, -0.15) is 5.10 Å². The van der Waals surface area contributed by atoms with E-state index < -0.39 is 0 Å². The van der Waals surface area contributed by atoms with Crippen LogP contribution in [-0.2, 0) is 0 Å². The summed E-state index contributed by atoms with van der Waals surface area (Å²) in [5.41, 5.74) is 3.06. The lowest BCUT2D eigenvalue weighted by Crippen LogP contribution is -2.27. The lowest BCUT2D eigenvalue weighted by Gasteiger charge is -2.09. The van der Waals surface area contributed by atoms with Gasteiger partial charge in [0.15, 0.2) is 0 Å². The molecule has 118 valence electrons. The molecular formula is C17H23N3O2. The number of aryl methyl sites for hydroxylation is 1. The molecule has 0 saturated carbocycles. The molecule has 2 rings (SSSR count). The molecule has 0 aliphatic heterocycles. The van der Waals surface area contributed by atoms with Gasteiger partial charge in [0.2, 0.25) is 0 Å². The second kappa shape index (κ2) is 7.22. The number of nitrogens with one attached hydrogen (secondary N) is 1.